The molecule has 1 atom stereocenters. The van der Waals surface area contributed by atoms with Crippen molar-refractivity contribution in [3.8, 4) is 0 Å². The van der Waals surface area contributed by atoms with Gasteiger partial charge in [0.2, 0.25) is 6.49 Å². The van der Waals surface area contributed by atoms with Crippen LogP contribution >= 0.6 is 6.49 Å². The highest BCUT2D eigenvalue weighted by Crippen LogP contribution is 2.49. The first-order valence-electron chi connectivity index (χ1n) is 7.58. The summed E-state index contributed by atoms with van der Waals surface area (Å²) in [6.07, 6.45) is -6.33. The van der Waals surface area contributed by atoms with Gasteiger partial charge in [-0.2, -0.15) is 13.2 Å². The minimum atomic E-state index is -5.25. The molecule has 0 heterocycles. The summed E-state index contributed by atoms with van der Waals surface area (Å²) in [5.41, 5.74) is 0. The molecule has 25 heavy (non-hydrogen) atoms. The van der Waals surface area contributed by atoms with E-state index >= 15 is 0 Å². The van der Waals surface area contributed by atoms with Crippen LogP contribution in [0.25, 0.3) is 0 Å². The third-order valence-corrected chi connectivity index (χ3v) is 5.81. The van der Waals surface area contributed by atoms with E-state index in [1.165, 1.54) is 0 Å². The van der Waals surface area contributed by atoms with Crippen molar-refractivity contribution in [1.29, 1.82) is 0 Å². The second kappa shape index (κ2) is 11.1. The lowest BCUT2D eigenvalue weighted by atomic mass is 10.2. The van der Waals surface area contributed by atoms with Crippen LogP contribution in [0, 0.1) is 0 Å². The fourth-order valence-corrected chi connectivity index (χ4v) is 4.65. The first-order chi connectivity index (χ1) is 11.5. The number of aliphatic carboxylic acids is 1. The summed E-state index contributed by atoms with van der Waals surface area (Å²) < 4.78 is 54.3. The van der Waals surface area contributed by atoms with Crippen molar-refractivity contribution in [2.45, 2.75) is 39.4 Å². The predicted octanol–water partition coefficient (Wildman–Crippen LogP) is 2.60. The molecule has 0 radical (unpaired) electrons. The summed E-state index contributed by atoms with van der Waals surface area (Å²) in [4.78, 5) is 23.4. The Morgan fingerprint density at radius 1 is 1.16 bits per heavy atom. The zero-order chi connectivity index (χ0) is 19.7. The van der Waals surface area contributed by atoms with Gasteiger partial charge in [0.05, 0.1) is 19.5 Å². The van der Waals surface area contributed by atoms with Gasteiger partial charge in [0, 0.05) is 19.6 Å². The van der Waals surface area contributed by atoms with Crippen molar-refractivity contribution in [3.05, 3.63) is 0 Å². The van der Waals surface area contributed by atoms with E-state index in [4.69, 9.17) is 25.6 Å². The fraction of sp³-hybridized carbons (Fsp3) is 0.846. The predicted molar refractivity (Wildman–Crippen MR) is 87.8 cm³/mol. The molecule has 7 nitrogen and oxygen atoms in total. The Bertz CT molecular complexity index is 481. The number of alkyl halides is 3. The van der Waals surface area contributed by atoms with Gasteiger partial charge in [-0.25, -0.2) is 4.79 Å². The van der Waals surface area contributed by atoms with E-state index in [0.29, 0.717) is 0 Å². The molecule has 0 rings (SSSR count). The number of nitrogens with zero attached hydrogens (tertiary/aromatic N) is 1. The molecule has 0 saturated heterocycles. The van der Waals surface area contributed by atoms with Crippen LogP contribution in [0.3, 0.4) is 0 Å². The lowest BCUT2D eigenvalue weighted by Gasteiger charge is -2.33. The summed E-state index contributed by atoms with van der Waals surface area (Å²) in [5, 5.41) is 9.29. The molecule has 1 N–H and O–H groups in total. The highest BCUT2D eigenvalue weighted by atomic mass is 32.5. The van der Waals surface area contributed by atoms with E-state index in [1.807, 2.05) is 0 Å². The molecular formula is C13H23F3NO6PS. The van der Waals surface area contributed by atoms with Gasteiger partial charge in [-0.15, -0.1) is 0 Å². The summed E-state index contributed by atoms with van der Waals surface area (Å²) in [6, 6.07) is -1.76. The normalized spacial score (nSPS) is 13.5. The Morgan fingerprint density at radius 2 is 1.68 bits per heavy atom. The van der Waals surface area contributed by atoms with Crippen LogP contribution in [0.15, 0.2) is 0 Å². The lowest BCUT2D eigenvalue weighted by molar-refractivity contribution is -0.189. The number of amides is 1. The Hall–Kier alpha value is -0.740. The van der Waals surface area contributed by atoms with E-state index in [9.17, 15) is 27.9 Å². The maximum atomic E-state index is 12.9. The Morgan fingerprint density at radius 3 is 2.04 bits per heavy atom. The molecule has 0 aliphatic carbocycles. The van der Waals surface area contributed by atoms with Crippen molar-refractivity contribution in [1.82, 2.24) is 4.90 Å². The van der Waals surface area contributed by atoms with Crippen molar-refractivity contribution < 1.29 is 41.7 Å². The van der Waals surface area contributed by atoms with Gasteiger partial charge in [0.15, 0.2) is 0 Å². The molecule has 0 aliphatic heterocycles. The number of halogens is 3. The van der Waals surface area contributed by atoms with E-state index < -0.39 is 36.9 Å². The molecule has 12 heteroatoms. The van der Waals surface area contributed by atoms with Gasteiger partial charge in [0.25, 0.3) is 0 Å². The molecule has 148 valence electrons. The summed E-state index contributed by atoms with van der Waals surface area (Å²) in [6.45, 7) is 1.74. The van der Waals surface area contributed by atoms with Crippen LogP contribution in [-0.4, -0.2) is 66.8 Å². The first kappa shape index (κ1) is 24.3. The third-order valence-electron chi connectivity index (χ3n) is 2.88. The number of carbonyl (C=O) groups is 2. The van der Waals surface area contributed by atoms with E-state index in [0.717, 1.165) is 0 Å². The smallest absolute Gasteiger partial charge is 0.471 e. The summed E-state index contributed by atoms with van der Waals surface area (Å²) in [5.74, 6) is -3.89. The molecule has 0 saturated carbocycles. The molecule has 0 fully saturated rings. The zero-order valence-electron chi connectivity index (χ0n) is 14.2. The molecule has 1 amide bonds. The molecule has 0 aliphatic rings. The molecule has 0 aromatic heterocycles. The van der Waals surface area contributed by atoms with Crippen LogP contribution in [0.4, 0.5) is 13.2 Å². The van der Waals surface area contributed by atoms with E-state index in [2.05, 4.69) is 0 Å². The zero-order valence-corrected chi connectivity index (χ0v) is 16.0. The number of rotatable bonds is 12. The van der Waals surface area contributed by atoms with Gasteiger partial charge < -0.3 is 23.8 Å². The van der Waals surface area contributed by atoms with Gasteiger partial charge in [-0.3, -0.25) is 4.79 Å². The topological polar surface area (TPSA) is 85.3 Å². The lowest BCUT2D eigenvalue weighted by Crippen LogP contribution is -2.51. The quantitative estimate of drug-likeness (QED) is 0.392. The highest BCUT2D eigenvalue weighted by Gasteiger charge is 2.47. The minimum absolute atomic E-state index is 0.0575. The Labute approximate surface area is 149 Å². The fourth-order valence-electron chi connectivity index (χ4n) is 1.92. The van der Waals surface area contributed by atoms with Crippen LogP contribution in [-0.2, 0) is 35.2 Å². The van der Waals surface area contributed by atoms with Gasteiger partial charge in [0.1, 0.15) is 6.04 Å². The van der Waals surface area contributed by atoms with Gasteiger partial charge >= 0.3 is 18.1 Å². The summed E-state index contributed by atoms with van der Waals surface area (Å²) >= 11 is 5.14. The molecule has 0 bridgehead atoms. The van der Waals surface area contributed by atoms with Crippen molar-refractivity contribution >= 4 is 30.2 Å². The van der Waals surface area contributed by atoms with Gasteiger partial charge in [-0.05, 0) is 32.6 Å². The molecule has 0 aromatic rings. The van der Waals surface area contributed by atoms with Crippen LogP contribution < -0.4 is 0 Å². The summed E-state index contributed by atoms with van der Waals surface area (Å²) in [7, 11) is 0. The van der Waals surface area contributed by atoms with E-state index in [1.54, 1.807) is 20.8 Å². The standard InChI is InChI=1S/C13H23F3NO6PS/c1-4-21-8-7-10(11(18)19)17(12(20)13(14,15)16)9-24(25,22-5-2)23-6-3/h10H,4-9H2,1-3H3,(H,18,19). The third kappa shape index (κ3) is 8.46. The monoisotopic (exact) mass is 409 g/mol. The second-order valence-electron chi connectivity index (χ2n) is 4.70. The van der Waals surface area contributed by atoms with Crippen molar-refractivity contribution in [2.75, 3.05) is 32.7 Å². The first-order valence-corrected chi connectivity index (χ1v) is 10.4. The number of hydrogen-bond acceptors (Lipinski definition) is 6. The van der Waals surface area contributed by atoms with Crippen LogP contribution in [0.2, 0.25) is 0 Å². The minimum Gasteiger partial charge on any atom is -0.480 e. The van der Waals surface area contributed by atoms with Crippen molar-refractivity contribution in [3.63, 3.8) is 0 Å². The number of carboxylic acid groups (broad SMARTS) is 1. The average Bonchev–Trinajstić information content (AvgIpc) is 2.48. The SMILES string of the molecule is CCOCCC(C(=O)O)N(CP(=S)(OCC)OCC)C(=O)C(F)(F)F. The van der Waals surface area contributed by atoms with Crippen LogP contribution in [0.5, 0.6) is 0 Å². The number of carboxylic acids is 1. The average molecular weight is 409 g/mol. The highest BCUT2D eigenvalue weighted by molar-refractivity contribution is 8.09. The number of ether oxygens (including phenoxy) is 1. The van der Waals surface area contributed by atoms with Gasteiger partial charge in [-0.1, -0.05) is 0 Å². The molecule has 0 spiro atoms. The Kier molecular flexibility index (Phi) is 10.7. The molecular weight excluding hydrogens is 386 g/mol. The maximum absolute atomic E-state index is 12.9. The molecule has 0 aromatic carbocycles. The second-order valence-corrected chi connectivity index (χ2v) is 8.39. The number of carbonyl (C=O) groups excluding carboxylic acids is 1. The molecule has 1 unspecified atom stereocenters. The van der Waals surface area contributed by atoms with E-state index in [-0.39, 0.29) is 37.7 Å². The van der Waals surface area contributed by atoms with Crippen LogP contribution in [0.1, 0.15) is 27.2 Å². The van der Waals surface area contributed by atoms with Crippen molar-refractivity contribution in [2.24, 2.45) is 0 Å². The largest absolute Gasteiger partial charge is 0.480 e. The Balaban J connectivity index is 5.68. The maximum Gasteiger partial charge on any atom is 0.471 e. The number of hydrogen-bond donors (Lipinski definition) is 1.